The molecule has 0 aromatic rings. The van der Waals surface area contributed by atoms with Gasteiger partial charge in [0.25, 0.3) is 0 Å². The van der Waals surface area contributed by atoms with Gasteiger partial charge in [-0.15, -0.1) is 0 Å². The number of aliphatic hydroxyl groups excluding tert-OH is 2. The lowest BCUT2D eigenvalue weighted by atomic mass is 9.41. The molecular formula is C32H49NO9. The predicted molar refractivity (Wildman–Crippen MR) is 153 cm³/mol. The molecule has 2 aliphatic heterocycles. The Labute approximate surface area is 248 Å². The van der Waals surface area contributed by atoms with Gasteiger partial charge in [-0.1, -0.05) is 6.92 Å². The fraction of sp³-hybridized carbons (Fsp3) is 0.875. The van der Waals surface area contributed by atoms with Crippen molar-refractivity contribution in [3.8, 4) is 0 Å². The van der Waals surface area contributed by atoms with Gasteiger partial charge in [0, 0.05) is 43.1 Å². The number of fused-ring (bicyclic) bond motifs is 5. The number of esters is 1. The second kappa shape index (κ2) is 11.2. The highest BCUT2D eigenvalue weighted by Gasteiger charge is 2.71. The van der Waals surface area contributed by atoms with Crippen molar-refractivity contribution in [3.63, 3.8) is 0 Å². The molecule has 2 heterocycles. The first-order chi connectivity index (χ1) is 20.0. The zero-order chi connectivity index (χ0) is 29.9. The largest absolute Gasteiger partial charge is 0.458 e. The number of nitrogens with zero attached hydrogens (tertiary/aromatic N) is 1. The van der Waals surface area contributed by atoms with Crippen LogP contribution in [0.15, 0.2) is 16.6 Å². The number of methoxy groups -OCH3 is 1. The third-order valence-electron chi connectivity index (χ3n) is 12.5. The standard InChI is InChI=1S/C32H49NO9/c1-19-28(36)25(39-3)15-27(41-19)42-21-4-9-30(18-33-12-13-34)23-5-8-29(2)22(20-14-26(35)40-17-20)7-11-32(29,38)24(23)6-10-31(30,37)16-21/h14,18-19,21-25,27-28,34,36-38H,4-13,15-17H2,1-3H3/t19-,21+,22-,23-,24+,25+,27-,28-,29+,30-,31-,32-/m0/s1. The summed E-state index contributed by atoms with van der Waals surface area (Å²) in [6.45, 7) is 4.53. The molecule has 0 bridgehead atoms. The van der Waals surface area contributed by atoms with E-state index in [0.29, 0.717) is 51.6 Å². The van der Waals surface area contributed by atoms with E-state index in [9.17, 15) is 25.2 Å². The maximum atomic E-state index is 12.6. The Kier molecular flexibility index (Phi) is 8.16. The Morgan fingerprint density at radius 2 is 1.90 bits per heavy atom. The summed E-state index contributed by atoms with van der Waals surface area (Å²) in [5, 5.41) is 45.0. The van der Waals surface area contributed by atoms with Crippen molar-refractivity contribution in [3.05, 3.63) is 11.6 Å². The van der Waals surface area contributed by atoms with Crippen molar-refractivity contribution in [1.82, 2.24) is 0 Å². The lowest BCUT2D eigenvalue weighted by Crippen LogP contribution is -2.69. The monoisotopic (exact) mass is 591 g/mol. The molecule has 4 saturated carbocycles. The summed E-state index contributed by atoms with van der Waals surface area (Å²) < 4.78 is 23.1. The first-order valence-electron chi connectivity index (χ1n) is 16.0. The molecule has 6 aliphatic rings. The normalized spacial score (nSPS) is 50.6. The third-order valence-corrected chi connectivity index (χ3v) is 12.5. The number of aliphatic imine (C=N–C) groups is 1. The number of hydrogen-bond donors (Lipinski definition) is 4. The van der Waals surface area contributed by atoms with Crippen LogP contribution >= 0.6 is 0 Å². The quantitative estimate of drug-likeness (QED) is 0.199. The highest BCUT2D eigenvalue weighted by atomic mass is 16.7. The summed E-state index contributed by atoms with van der Waals surface area (Å²) in [5.74, 6) is -0.165. The topological polar surface area (TPSA) is 147 Å². The fourth-order valence-corrected chi connectivity index (χ4v) is 10.3. The fourth-order valence-electron chi connectivity index (χ4n) is 10.3. The zero-order valence-corrected chi connectivity index (χ0v) is 25.2. The Balaban J connectivity index is 1.25. The highest BCUT2D eigenvalue weighted by molar-refractivity contribution is 5.85. The number of carbonyl (C=O) groups is 1. The first kappa shape index (κ1) is 30.6. The molecule has 6 rings (SSSR count). The number of rotatable bonds is 7. The van der Waals surface area contributed by atoms with Crippen molar-refractivity contribution in [2.45, 2.75) is 120 Å². The van der Waals surface area contributed by atoms with E-state index in [0.717, 1.165) is 24.8 Å². The molecule has 0 spiro atoms. The number of ether oxygens (including phenoxy) is 4. The zero-order valence-electron chi connectivity index (χ0n) is 25.2. The Morgan fingerprint density at radius 3 is 2.62 bits per heavy atom. The number of carbonyl (C=O) groups excluding carboxylic acids is 1. The van der Waals surface area contributed by atoms with Crippen LogP contribution in [0.5, 0.6) is 0 Å². The average molecular weight is 592 g/mol. The maximum absolute atomic E-state index is 12.6. The van der Waals surface area contributed by atoms with Gasteiger partial charge in [-0.25, -0.2) is 4.79 Å². The van der Waals surface area contributed by atoms with Gasteiger partial charge in [0.2, 0.25) is 0 Å². The van der Waals surface area contributed by atoms with Crippen LogP contribution in [-0.2, 0) is 23.7 Å². The van der Waals surface area contributed by atoms with E-state index in [4.69, 9.17) is 18.9 Å². The molecule has 10 nitrogen and oxygen atoms in total. The van der Waals surface area contributed by atoms with Crippen LogP contribution in [-0.4, -0.2) is 101 Å². The number of hydrogen-bond acceptors (Lipinski definition) is 10. The van der Waals surface area contributed by atoms with Gasteiger partial charge in [0.1, 0.15) is 12.7 Å². The van der Waals surface area contributed by atoms with Crippen LogP contribution in [0.25, 0.3) is 0 Å². The molecule has 1 saturated heterocycles. The van der Waals surface area contributed by atoms with Crippen LogP contribution in [0.2, 0.25) is 0 Å². The van der Waals surface area contributed by atoms with Crippen LogP contribution in [0, 0.1) is 28.6 Å². The lowest BCUT2D eigenvalue weighted by molar-refractivity contribution is -0.284. The molecule has 4 N–H and O–H groups in total. The van der Waals surface area contributed by atoms with E-state index >= 15 is 0 Å². The summed E-state index contributed by atoms with van der Waals surface area (Å²) in [5.41, 5.74) is -2.00. The first-order valence-corrected chi connectivity index (χ1v) is 16.0. The minimum atomic E-state index is -1.08. The van der Waals surface area contributed by atoms with E-state index in [2.05, 4.69) is 11.9 Å². The van der Waals surface area contributed by atoms with Crippen LogP contribution in [0.1, 0.15) is 78.1 Å². The molecule has 42 heavy (non-hydrogen) atoms. The van der Waals surface area contributed by atoms with Crippen LogP contribution in [0.3, 0.4) is 0 Å². The molecule has 0 aromatic carbocycles. The SMILES string of the molecule is CO[C@@H]1C[C@H](O[C@@H]2CC[C@]3(C=NCCO)[C@H]4CC[C@]5(C)[C@H](C6=CC(=O)OC6)CC[C@]5(O)[C@@H]4CC[C@]3(O)C2)O[C@@H](C)[C@@H]1O. The minimum Gasteiger partial charge on any atom is -0.458 e. The van der Waals surface area contributed by atoms with Gasteiger partial charge >= 0.3 is 5.97 Å². The molecule has 0 unspecified atom stereocenters. The summed E-state index contributed by atoms with van der Waals surface area (Å²) in [6.07, 6.45) is 7.86. The van der Waals surface area contributed by atoms with Gasteiger partial charge in [0.15, 0.2) is 6.29 Å². The van der Waals surface area contributed by atoms with Crippen LogP contribution in [0.4, 0.5) is 0 Å². The van der Waals surface area contributed by atoms with Gasteiger partial charge in [0.05, 0.1) is 42.7 Å². The van der Waals surface area contributed by atoms with Crippen molar-refractivity contribution >= 4 is 12.2 Å². The van der Waals surface area contributed by atoms with E-state index in [-0.39, 0.29) is 54.5 Å². The summed E-state index contributed by atoms with van der Waals surface area (Å²) in [4.78, 5) is 16.5. The second-order valence-electron chi connectivity index (χ2n) is 14.2. The smallest absolute Gasteiger partial charge is 0.331 e. The third kappa shape index (κ3) is 4.63. The molecule has 10 heteroatoms. The summed E-state index contributed by atoms with van der Waals surface area (Å²) in [6, 6.07) is 0. The Morgan fingerprint density at radius 1 is 1.12 bits per heavy atom. The lowest BCUT2D eigenvalue weighted by Gasteiger charge is -2.66. The summed E-state index contributed by atoms with van der Waals surface area (Å²) >= 11 is 0. The maximum Gasteiger partial charge on any atom is 0.331 e. The van der Waals surface area contributed by atoms with Crippen molar-refractivity contribution in [2.24, 2.45) is 33.6 Å². The summed E-state index contributed by atoms with van der Waals surface area (Å²) in [7, 11) is 1.58. The minimum absolute atomic E-state index is 0.00957. The Bertz CT molecular complexity index is 1100. The number of cyclic esters (lactones) is 1. The molecule has 0 aromatic heterocycles. The average Bonchev–Trinajstić information content (AvgIpc) is 3.50. The van der Waals surface area contributed by atoms with Crippen molar-refractivity contribution in [1.29, 1.82) is 0 Å². The van der Waals surface area contributed by atoms with Gasteiger partial charge in [-0.2, -0.15) is 0 Å². The molecule has 12 atom stereocenters. The van der Waals surface area contributed by atoms with Crippen molar-refractivity contribution in [2.75, 3.05) is 26.9 Å². The molecule has 5 fully saturated rings. The number of aliphatic hydroxyl groups is 4. The Hall–Kier alpha value is -1.40. The van der Waals surface area contributed by atoms with Gasteiger partial charge in [-0.05, 0) is 81.6 Å². The van der Waals surface area contributed by atoms with E-state index < -0.39 is 35.1 Å². The molecular weight excluding hydrogens is 542 g/mol. The van der Waals surface area contributed by atoms with Crippen LogP contribution < -0.4 is 0 Å². The molecule has 4 aliphatic carbocycles. The highest BCUT2D eigenvalue weighted by Crippen LogP contribution is 2.70. The molecule has 0 radical (unpaired) electrons. The second-order valence-corrected chi connectivity index (χ2v) is 14.2. The van der Waals surface area contributed by atoms with Crippen molar-refractivity contribution < 1.29 is 44.2 Å². The molecule has 0 amide bonds. The predicted octanol–water partition coefficient (Wildman–Crippen LogP) is 2.30. The van der Waals surface area contributed by atoms with Gasteiger partial charge in [-0.3, -0.25) is 4.99 Å². The van der Waals surface area contributed by atoms with E-state index in [1.54, 1.807) is 13.2 Å². The molecule has 236 valence electrons. The van der Waals surface area contributed by atoms with E-state index in [1.165, 1.54) is 0 Å². The van der Waals surface area contributed by atoms with Gasteiger partial charge < -0.3 is 39.4 Å². The van der Waals surface area contributed by atoms with E-state index in [1.807, 2.05) is 13.1 Å².